The first kappa shape index (κ1) is 30.2. The van der Waals surface area contributed by atoms with Crippen molar-refractivity contribution >= 4 is 35.1 Å². The number of hydrogen-bond acceptors (Lipinski definition) is 9. The number of carboxylic acid groups (broad SMARTS) is 1. The van der Waals surface area contributed by atoms with Gasteiger partial charge in [-0.05, 0) is 32.4 Å². The third-order valence-electron chi connectivity index (χ3n) is 7.80. The number of carboxylic acids is 1. The highest BCUT2D eigenvalue weighted by Gasteiger charge is 2.44. The Morgan fingerprint density at radius 1 is 1.30 bits per heavy atom. The van der Waals surface area contributed by atoms with E-state index in [1.165, 1.54) is 23.5 Å². The summed E-state index contributed by atoms with van der Waals surface area (Å²) < 4.78 is 20.3. The third kappa shape index (κ3) is 5.98. The van der Waals surface area contributed by atoms with Crippen LogP contribution in [0.25, 0.3) is 0 Å². The Labute approximate surface area is 253 Å². The number of amides is 2. The molecule has 1 aromatic carbocycles. The van der Waals surface area contributed by atoms with Crippen molar-refractivity contribution in [3.63, 3.8) is 0 Å². The van der Waals surface area contributed by atoms with Crippen molar-refractivity contribution in [2.45, 2.75) is 32.9 Å². The monoisotopic (exact) mass is 608 g/mol. The number of terminal acetylenes is 1. The van der Waals surface area contributed by atoms with Crippen LogP contribution in [0.4, 0.5) is 9.18 Å². The Morgan fingerprint density at radius 2 is 2.09 bits per heavy atom. The highest BCUT2D eigenvalue weighted by atomic mass is 32.1. The van der Waals surface area contributed by atoms with Crippen LogP contribution >= 0.6 is 11.3 Å². The van der Waals surface area contributed by atoms with Crippen LogP contribution in [0, 0.1) is 23.6 Å². The predicted octanol–water partition coefficient (Wildman–Crippen LogP) is 2.70. The van der Waals surface area contributed by atoms with E-state index in [1.54, 1.807) is 42.8 Å². The number of thiazole rings is 1. The molecule has 13 heteroatoms. The van der Waals surface area contributed by atoms with Crippen LogP contribution in [0.3, 0.4) is 0 Å². The zero-order valence-electron chi connectivity index (χ0n) is 24.2. The molecule has 2 aromatic rings. The molecular formula is C30H33FN6O5S. The molecule has 0 radical (unpaired) electrons. The quantitative estimate of drug-likeness (QED) is 0.329. The van der Waals surface area contributed by atoms with E-state index in [1.807, 2.05) is 5.38 Å². The zero-order valence-corrected chi connectivity index (χ0v) is 25.0. The smallest absolute Gasteiger partial charge is 0.338 e. The minimum atomic E-state index is -1.08. The summed E-state index contributed by atoms with van der Waals surface area (Å²) in [6, 6.07) is 3.18. The lowest BCUT2D eigenvalue weighted by atomic mass is 9.91. The fourth-order valence-electron chi connectivity index (χ4n) is 5.65. The summed E-state index contributed by atoms with van der Waals surface area (Å²) in [6.45, 7) is 7.29. The molecular weight excluding hydrogens is 575 g/mol. The molecule has 3 aliphatic rings. The minimum Gasteiger partial charge on any atom is -0.481 e. The van der Waals surface area contributed by atoms with Gasteiger partial charge in [-0.2, -0.15) is 0 Å². The fraction of sp³-hybridized carbons (Fsp3) is 0.433. The number of carbonyl (C=O) groups is 3. The normalized spacial score (nSPS) is 20.8. The minimum absolute atomic E-state index is 0.0141. The number of amidine groups is 1. The molecule has 2 amide bonds. The van der Waals surface area contributed by atoms with E-state index in [4.69, 9.17) is 16.2 Å². The molecule has 0 spiro atoms. The van der Waals surface area contributed by atoms with E-state index in [2.05, 4.69) is 21.1 Å². The maximum Gasteiger partial charge on any atom is 0.338 e. The summed E-state index contributed by atoms with van der Waals surface area (Å²) in [6.07, 6.45) is 7.35. The van der Waals surface area contributed by atoms with Gasteiger partial charge in [-0.25, -0.2) is 19.0 Å². The summed E-state index contributed by atoms with van der Waals surface area (Å²) in [5, 5.41) is 15.3. The van der Waals surface area contributed by atoms with Gasteiger partial charge in [-0.3, -0.25) is 14.7 Å². The van der Waals surface area contributed by atoms with Crippen molar-refractivity contribution in [2.24, 2.45) is 10.4 Å². The standard InChI is InChI=1S/C30H33FN6O5S/c1-5-19-20(8-7-9-21(19)31)24-23(27(38)42-6-2)22(33-25(34-24)26-32-10-13-43-26)16-35-11-12-37-18(14-35)15-36(29(37)41)17-30(3,4)28(39)40/h1,7-10,13,18,24H,6,11-12,14-17H2,2-4H3,(H,33,34)(H,39,40)/t18-,24-/m0/s1. The summed E-state index contributed by atoms with van der Waals surface area (Å²) in [7, 11) is 0. The van der Waals surface area contributed by atoms with Crippen molar-refractivity contribution in [3.8, 4) is 12.3 Å². The van der Waals surface area contributed by atoms with E-state index >= 15 is 0 Å². The van der Waals surface area contributed by atoms with Crippen molar-refractivity contribution in [1.82, 2.24) is 25.0 Å². The Morgan fingerprint density at radius 3 is 2.77 bits per heavy atom. The zero-order chi connectivity index (χ0) is 30.9. The molecule has 1 aromatic heterocycles. The first-order valence-corrected chi connectivity index (χ1v) is 14.8. The van der Waals surface area contributed by atoms with Crippen molar-refractivity contribution in [3.05, 3.63) is 63.0 Å². The number of urea groups is 1. The summed E-state index contributed by atoms with van der Waals surface area (Å²) in [5.74, 6) is 0.684. The lowest BCUT2D eigenvalue weighted by Crippen LogP contribution is -2.53. The van der Waals surface area contributed by atoms with E-state index in [0.29, 0.717) is 48.3 Å². The number of fused-ring (bicyclic) bond motifs is 1. The average molecular weight is 609 g/mol. The van der Waals surface area contributed by atoms with Gasteiger partial charge in [0.25, 0.3) is 0 Å². The third-order valence-corrected chi connectivity index (χ3v) is 8.58. The number of carbonyl (C=O) groups excluding carboxylic acids is 2. The molecule has 4 heterocycles. The first-order chi connectivity index (χ1) is 20.5. The maximum atomic E-state index is 14.8. The molecule has 226 valence electrons. The SMILES string of the molecule is C#Cc1c(F)cccc1[C@@H]1N=C(c2nccs2)NC(CN2CCN3C(=O)N(CC(C)(C)C(=O)O)C[C@@H]3C2)=C1C(=O)OCC. The number of hydrogen-bond donors (Lipinski definition) is 2. The van der Waals surface area contributed by atoms with E-state index in [9.17, 15) is 23.9 Å². The molecule has 2 atom stereocenters. The predicted molar refractivity (Wildman–Crippen MR) is 158 cm³/mol. The second-order valence-corrected chi connectivity index (χ2v) is 12.1. The summed E-state index contributed by atoms with van der Waals surface area (Å²) in [5.41, 5.74) is 0.0441. The fourth-order valence-corrected chi connectivity index (χ4v) is 6.24. The molecule has 5 rings (SSSR count). The van der Waals surface area contributed by atoms with Gasteiger partial charge in [-0.15, -0.1) is 17.8 Å². The van der Waals surface area contributed by atoms with Crippen molar-refractivity contribution < 1.29 is 28.6 Å². The highest BCUT2D eigenvalue weighted by molar-refractivity contribution is 7.11. The lowest BCUT2D eigenvalue weighted by molar-refractivity contribution is -0.147. The highest BCUT2D eigenvalue weighted by Crippen LogP contribution is 2.36. The number of piperazine rings is 1. The summed E-state index contributed by atoms with van der Waals surface area (Å²) in [4.78, 5) is 53.0. The molecule has 43 heavy (non-hydrogen) atoms. The largest absolute Gasteiger partial charge is 0.481 e. The first-order valence-electron chi connectivity index (χ1n) is 13.9. The second kappa shape index (κ2) is 12.1. The number of halogens is 1. The molecule has 0 bridgehead atoms. The number of rotatable bonds is 9. The Hall–Kier alpha value is -4.28. The molecule has 2 N–H and O–H groups in total. The summed E-state index contributed by atoms with van der Waals surface area (Å²) >= 11 is 1.36. The van der Waals surface area contributed by atoms with Gasteiger partial charge in [-0.1, -0.05) is 18.1 Å². The average Bonchev–Trinajstić information content (AvgIpc) is 3.61. The second-order valence-electron chi connectivity index (χ2n) is 11.2. The van der Waals surface area contributed by atoms with Crippen molar-refractivity contribution in [2.75, 3.05) is 45.9 Å². The lowest BCUT2D eigenvalue weighted by Gasteiger charge is -2.38. The number of nitrogens with one attached hydrogen (secondary N) is 1. The van der Waals surface area contributed by atoms with Crippen LogP contribution in [0.1, 0.15) is 42.9 Å². The number of esters is 1. The van der Waals surface area contributed by atoms with Crippen LogP contribution in [-0.4, -0.2) is 101 Å². The number of aromatic nitrogens is 1. The van der Waals surface area contributed by atoms with Gasteiger partial charge < -0.3 is 25.0 Å². The van der Waals surface area contributed by atoms with Crippen LogP contribution in [0.2, 0.25) is 0 Å². The number of nitrogens with zero attached hydrogens (tertiary/aromatic N) is 5. The maximum absolute atomic E-state index is 14.8. The van der Waals surface area contributed by atoms with E-state index < -0.39 is 29.2 Å². The topological polar surface area (TPSA) is 128 Å². The van der Waals surface area contributed by atoms with Gasteiger partial charge in [0.05, 0.1) is 29.2 Å². The number of aliphatic imine (C=N–C) groups is 1. The van der Waals surface area contributed by atoms with Crippen molar-refractivity contribution in [1.29, 1.82) is 0 Å². The van der Waals surface area contributed by atoms with E-state index in [0.717, 1.165) is 0 Å². The molecule has 3 aliphatic heterocycles. The molecule has 2 saturated heterocycles. The molecule has 2 fully saturated rings. The van der Waals surface area contributed by atoms with Crippen LogP contribution in [0.15, 0.2) is 46.0 Å². The Balaban J connectivity index is 1.48. The molecule has 0 saturated carbocycles. The van der Waals surface area contributed by atoms with E-state index in [-0.39, 0.29) is 42.9 Å². The molecule has 11 nitrogen and oxygen atoms in total. The molecule has 0 unspecified atom stereocenters. The number of aliphatic carboxylic acids is 1. The van der Waals surface area contributed by atoms with Crippen LogP contribution in [0.5, 0.6) is 0 Å². The van der Waals surface area contributed by atoms with Crippen LogP contribution < -0.4 is 5.32 Å². The van der Waals surface area contributed by atoms with Gasteiger partial charge in [0.2, 0.25) is 0 Å². The Bertz CT molecular complexity index is 1530. The van der Waals surface area contributed by atoms with Gasteiger partial charge in [0.15, 0.2) is 10.8 Å². The van der Waals surface area contributed by atoms with Gasteiger partial charge in [0.1, 0.15) is 11.9 Å². The Kier molecular flexibility index (Phi) is 8.52. The van der Waals surface area contributed by atoms with Crippen LogP contribution in [-0.2, 0) is 14.3 Å². The van der Waals surface area contributed by atoms with Gasteiger partial charge in [0, 0.05) is 56.5 Å². The number of ether oxygens (including phenoxy) is 1. The number of benzene rings is 1. The molecule has 0 aliphatic carbocycles. The van der Waals surface area contributed by atoms with Gasteiger partial charge >= 0.3 is 18.0 Å².